The molecule has 1 aliphatic rings. The summed E-state index contributed by atoms with van der Waals surface area (Å²) in [7, 11) is 0. The maximum absolute atomic E-state index is 5.46. The molecule has 0 spiro atoms. The maximum Gasteiger partial charge on any atom is 0.157 e. The number of hydrogen-bond donors (Lipinski definition) is 1. The number of pyridine rings is 1. The molecule has 6 heteroatoms. The number of aromatic nitrogens is 3. The lowest BCUT2D eigenvalue weighted by molar-refractivity contribution is 0.122. The SMILES string of the molecule is Cc1cccc([C@@H](C)Nc2nnc(C)c3cnc(N4CCOCC4)cc23)c1. The van der Waals surface area contributed by atoms with Crippen LogP contribution in [0.4, 0.5) is 11.6 Å². The Hall–Kier alpha value is -2.73. The monoisotopic (exact) mass is 363 g/mol. The van der Waals surface area contributed by atoms with Gasteiger partial charge in [0, 0.05) is 30.1 Å². The van der Waals surface area contributed by atoms with E-state index in [-0.39, 0.29) is 6.04 Å². The molecular formula is C21H25N5O. The lowest BCUT2D eigenvalue weighted by Crippen LogP contribution is -2.36. The standard InChI is InChI=1S/C21H25N5O/c1-14-5-4-6-17(11-14)15(2)23-21-18-12-20(26-7-9-27-10-8-26)22-13-19(18)16(3)24-25-21/h4-6,11-13,15H,7-10H2,1-3H3,(H,23,25)/t15-/m1/s1. The second kappa shape index (κ2) is 7.48. The molecule has 6 nitrogen and oxygen atoms in total. The van der Waals surface area contributed by atoms with Crippen molar-refractivity contribution < 1.29 is 4.74 Å². The summed E-state index contributed by atoms with van der Waals surface area (Å²) < 4.78 is 5.46. The van der Waals surface area contributed by atoms with Crippen molar-refractivity contribution in [1.29, 1.82) is 0 Å². The lowest BCUT2D eigenvalue weighted by atomic mass is 10.1. The van der Waals surface area contributed by atoms with E-state index in [1.807, 2.05) is 13.1 Å². The van der Waals surface area contributed by atoms with Crippen LogP contribution in [0.5, 0.6) is 0 Å². The Bertz CT molecular complexity index is 952. The minimum atomic E-state index is 0.130. The molecule has 140 valence electrons. The minimum Gasteiger partial charge on any atom is -0.378 e. The average Bonchev–Trinajstić information content (AvgIpc) is 2.70. The van der Waals surface area contributed by atoms with Crippen molar-refractivity contribution in [2.24, 2.45) is 0 Å². The number of rotatable bonds is 4. The quantitative estimate of drug-likeness (QED) is 0.763. The molecule has 1 atom stereocenters. The predicted molar refractivity (Wildman–Crippen MR) is 108 cm³/mol. The summed E-state index contributed by atoms with van der Waals surface area (Å²) in [6.45, 7) is 9.42. The van der Waals surface area contributed by atoms with Gasteiger partial charge in [-0.1, -0.05) is 29.8 Å². The maximum atomic E-state index is 5.46. The highest BCUT2D eigenvalue weighted by Crippen LogP contribution is 2.29. The highest BCUT2D eigenvalue weighted by molar-refractivity contribution is 5.94. The Morgan fingerprint density at radius 2 is 1.89 bits per heavy atom. The fourth-order valence-corrected chi connectivity index (χ4v) is 3.46. The van der Waals surface area contributed by atoms with Crippen molar-refractivity contribution in [1.82, 2.24) is 15.2 Å². The third-order valence-corrected chi connectivity index (χ3v) is 5.06. The molecule has 4 rings (SSSR count). The van der Waals surface area contributed by atoms with Gasteiger partial charge in [-0.25, -0.2) is 4.98 Å². The van der Waals surface area contributed by atoms with Crippen LogP contribution in [0, 0.1) is 13.8 Å². The van der Waals surface area contributed by atoms with Crippen LogP contribution in [0.3, 0.4) is 0 Å². The summed E-state index contributed by atoms with van der Waals surface area (Å²) in [4.78, 5) is 6.91. The Morgan fingerprint density at radius 1 is 1.07 bits per heavy atom. The molecule has 3 aromatic rings. The van der Waals surface area contributed by atoms with Crippen LogP contribution < -0.4 is 10.2 Å². The molecule has 0 radical (unpaired) electrons. The highest BCUT2D eigenvalue weighted by atomic mass is 16.5. The number of anilines is 2. The van der Waals surface area contributed by atoms with Gasteiger partial charge in [-0.15, -0.1) is 5.10 Å². The van der Waals surface area contributed by atoms with Gasteiger partial charge in [0.25, 0.3) is 0 Å². The Kier molecular flexibility index (Phi) is 4.90. The van der Waals surface area contributed by atoms with Gasteiger partial charge in [0.05, 0.1) is 24.9 Å². The minimum absolute atomic E-state index is 0.130. The molecular weight excluding hydrogens is 338 g/mol. The summed E-state index contributed by atoms with van der Waals surface area (Å²) in [6.07, 6.45) is 1.91. The van der Waals surface area contributed by atoms with Gasteiger partial charge < -0.3 is 15.0 Å². The van der Waals surface area contributed by atoms with Crippen molar-refractivity contribution in [3.63, 3.8) is 0 Å². The normalized spacial score (nSPS) is 15.7. The fourth-order valence-electron chi connectivity index (χ4n) is 3.46. The van der Waals surface area contributed by atoms with Crippen molar-refractivity contribution >= 4 is 22.4 Å². The molecule has 1 fully saturated rings. The number of ether oxygens (including phenoxy) is 1. The summed E-state index contributed by atoms with van der Waals surface area (Å²) in [6, 6.07) is 10.8. The van der Waals surface area contributed by atoms with Gasteiger partial charge in [0.1, 0.15) is 5.82 Å². The van der Waals surface area contributed by atoms with Crippen LogP contribution in [0.2, 0.25) is 0 Å². The second-order valence-corrected chi connectivity index (χ2v) is 7.10. The summed E-state index contributed by atoms with van der Waals surface area (Å²) in [5, 5.41) is 14.4. The Labute approximate surface area is 159 Å². The predicted octanol–water partition coefficient (Wildman–Crippen LogP) is 3.65. The van der Waals surface area contributed by atoms with E-state index in [0.717, 1.165) is 54.4 Å². The van der Waals surface area contributed by atoms with E-state index in [1.165, 1.54) is 11.1 Å². The Balaban J connectivity index is 1.69. The van der Waals surface area contributed by atoms with Crippen LogP contribution in [-0.4, -0.2) is 41.5 Å². The lowest BCUT2D eigenvalue weighted by Gasteiger charge is -2.28. The van der Waals surface area contributed by atoms with Crippen LogP contribution in [0.15, 0.2) is 36.5 Å². The number of fused-ring (bicyclic) bond motifs is 1. The third kappa shape index (κ3) is 3.71. The van der Waals surface area contributed by atoms with Crippen LogP contribution in [0.25, 0.3) is 10.8 Å². The molecule has 27 heavy (non-hydrogen) atoms. The van der Waals surface area contributed by atoms with Crippen molar-refractivity contribution in [2.75, 3.05) is 36.5 Å². The van der Waals surface area contributed by atoms with E-state index in [1.54, 1.807) is 0 Å². The zero-order chi connectivity index (χ0) is 18.8. The topological polar surface area (TPSA) is 63.2 Å². The van der Waals surface area contributed by atoms with Crippen molar-refractivity contribution in [3.8, 4) is 0 Å². The Morgan fingerprint density at radius 3 is 2.67 bits per heavy atom. The second-order valence-electron chi connectivity index (χ2n) is 7.10. The first-order chi connectivity index (χ1) is 13.1. The number of nitrogens with one attached hydrogen (secondary N) is 1. The van der Waals surface area contributed by atoms with Gasteiger partial charge in [0.15, 0.2) is 5.82 Å². The fraction of sp³-hybridized carbons (Fsp3) is 0.381. The van der Waals surface area contributed by atoms with Gasteiger partial charge in [-0.3, -0.25) is 0 Å². The van der Waals surface area contributed by atoms with Gasteiger partial charge in [-0.05, 0) is 32.4 Å². The van der Waals surface area contributed by atoms with E-state index in [9.17, 15) is 0 Å². The number of benzene rings is 1. The number of hydrogen-bond acceptors (Lipinski definition) is 6. The first-order valence-electron chi connectivity index (χ1n) is 9.40. The molecule has 0 amide bonds. The number of aryl methyl sites for hydroxylation is 2. The summed E-state index contributed by atoms with van der Waals surface area (Å²) in [5.41, 5.74) is 3.37. The molecule has 2 aromatic heterocycles. The molecule has 0 unspecified atom stereocenters. The molecule has 1 saturated heterocycles. The molecule has 0 aliphatic carbocycles. The van der Waals surface area contributed by atoms with Crippen LogP contribution >= 0.6 is 0 Å². The third-order valence-electron chi connectivity index (χ3n) is 5.06. The molecule has 0 bridgehead atoms. The van der Waals surface area contributed by atoms with E-state index in [2.05, 4.69) is 69.6 Å². The molecule has 3 heterocycles. The van der Waals surface area contributed by atoms with Crippen LogP contribution in [-0.2, 0) is 4.74 Å². The van der Waals surface area contributed by atoms with E-state index in [0.29, 0.717) is 0 Å². The largest absolute Gasteiger partial charge is 0.378 e. The smallest absolute Gasteiger partial charge is 0.157 e. The summed E-state index contributed by atoms with van der Waals surface area (Å²) in [5.74, 6) is 1.76. The first-order valence-corrected chi connectivity index (χ1v) is 9.40. The summed E-state index contributed by atoms with van der Waals surface area (Å²) >= 11 is 0. The first kappa shape index (κ1) is 17.7. The van der Waals surface area contributed by atoms with E-state index in [4.69, 9.17) is 4.74 Å². The highest BCUT2D eigenvalue weighted by Gasteiger charge is 2.16. The van der Waals surface area contributed by atoms with E-state index >= 15 is 0 Å². The molecule has 0 saturated carbocycles. The molecule has 1 aromatic carbocycles. The van der Waals surface area contributed by atoms with Crippen LogP contribution in [0.1, 0.15) is 29.8 Å². The van der Waals surface area contributed by atoms with Gasteiger partial charge in [0.2, 0.25) is 0 Å². The van der Waals surface area contributed by atoms with Gasteiger partial charge >= 0.3 is 0 Å². The molecule has 1 N–H and O–H groups in total. The number of nitrogens with zero attached hydrogens (tertiary/aromatic N) is 4. The zero-order valence-corrected chi connectivity index (χ0v) is 16.1. The van der Waals surface area contributed by atoms with E-state index < -0.39 is 0 Å². The zero-order valence-electron chi connectivity index (χ0n) is 16.1. The molecule has 1 aliphatic heterocycles. The average molecular weight is 363 g/mol. The van der Waals surface area contributed by atoms with Crippen molar-refractivity contribution in [3.05, 3.63) is 53.3 Å². The van der Waals surface area contributed by atoms with Crippen molar-refractivity contribution in [2.45, 2.75) is 26.8 Å². The van der Waals surface area contributed by atoms with Gasteiger partial charge in [-0.2, -0.15) is 5.10 Å². The number of morpholine rings is 1.